The number of hydrogen-bond donors (Lipinski definition) is 1. The predicted molar refractivity (Wildman–Crippen MR) is 54.8 cm³/mol. The van der Waals surface area contributed by atoms with E-state index in [2.05, 4.69) is 15.9 Å². The number of halogens is 1. The van der Waals surface area contributed by atoms with Crippen LogP contribution in [0, 0.1) is 0 Å². The number of amides is 1. The zero-order valence-corrected chi connectivity index (χ0v) is 9.62. The lowest BCUT2D eigenvalue weighted by Gasteiger charge is -2.25. The minimum atomic E-state index is -0.336. The van der Waals surface area contributed by atoms with Crippen molar-refractivity contribution < 1.29 is 9.90 Å². The molecule has 3 unspecified atom stereocenters. The summed E-state index contributed by atoms with van der Waals surface area (Å²) in [6, 6.07) is 0.148. The quantitative estimate of drug-likeness (QED) is 0.763. The van der Waals surface area contributed by atoms with Crippen molar-refractivity contribution in [3.8, 4) is 0 Å². The monoisotopic (exact) mass is 249 g/mol. The molecule has 1 fully saturated rings. The van der Waals surface area contributed by atoms with E-state index in [0.717, 1.165) is 13.0 Å². The molecule has 1 aliphatic heterocycles. The van der Waals surface area contributed by atoms with Crippen LogP contribution in [0.3, 0.4) is 0 Å². The Labute approximate surface area is 87.2 Å². The number of carbonyl (C=O) groups is 1. The molecule has 0 spiro atoms. The number of aliphatic hydroxyl groups is 1. The third-order valence-corrected chi connectivity index (χ3v) is 3.24. The summed E-state index contributed by atoms with van der Waals surface area (Å²) < 4.78 is 0. The maximum atomic E-state index is 11.5. The van der Waals surface area contributed by atoms with Gasteiger partial charge in [0.15, 0.2) is 0 Å². The van der Waals surface area contributed by atoms with Gasteiger partial charge in [-0.05, 0) is 26.7 Å². The fourth-order valence-electron chi connectivity index (χ4n) is 1.72. The molecule has 1 heterocycles. The van der Waals surface area contributed by atoms with Crippen molar-refractivity contribution >= 4 is 21.8 Å². The standard InChI is InChI=1S/C9H16BrNO2/c1-6(5-7(2)12)11-4-3-8(10)9(11)13/h6-8,12H,3-5H2,1-2H3. The van der Waals surface area contributed by atoms with E-state index in [-0.39, 0.29) is 22.9 Å². The van der Waals surface area contributed by atoms with Gasteiger partial charge < -0.3 is 10.0 Å². The molecule has 1 N–H and O–H groups in total. The molecule has 0 aromatic heterocycles. The van der Waals surface area contributed by atoms with E-state index in [1.54, 1.807) is 6.92 Å². The van der Waals surface area contributed by atoms with Gasteiger partial charge in [-0.1, -0.05) is 15.9 Å². The van der Waals surface area contributed by atoms with Crippen LogP contribution < -0.4 is 0 Å². The van der Waals surface area contributed by atoms with Crippen LogP contribution in [0.4, 0.5) is 0 Å². The van der Waals surface area contributed by atoms with Crippen LogP contribution in [0.1, 0.15) is 26.7 Å². The summed E-state index contributed by atoms with van der Waals surface area (Å²) in [5, 5.41) is 9.19. The maximum Gasteiger partial charge on any atom is 0.236 e. The Kier molecular flexibility index (Phi) is 3.74. The normalized spacial score (nSPS) is 27.8. The number of alkyl halides is 1. The van der Waals surface area contributed by atoms with Gasteiger partial charge in [0.1, 0.15) is 0 Å². The van der Waals surface area contributed by atoms with Crippen molar-refractivity contribution in [1.29, 1.82) is 0 Å². The molecule has 0 aliphatic carbocycles. The van der Waals surface area contributed by atoms with E-state index in [4.69, 9.17) is 0 Å². The highest BCUT2D eigenvalue weighted by Crippen LogP contribution is 2.22. The van der Waals surface area contributed by atoms with E-state index in [9.17, 15) is 9.90 Å². The predicted octanol–water partition coefficient (Wildman–Crippen LogP) is 1.14. The lowest BCUT2D eigenvalue weighted by molar-refractivity contribution is -0.129. The Balaban J connectivity index is 2.48. The third-order valence-electron chi connectivity index (χ3n) is 2.39. The largest absolute Gasteiger partial charge is 0.393 e. The minimum Gasteiger partial charge on any atom is -0.393 e. The Morgan fingerprint density at radius 2 is 2.31 bits per heavy atom. The van der Waals surface area contributed by atoms with Crippen molar-refractivity contribution in [1.82, 2.24) is 4.90 Å². The Morgan fingerprint density at radius 3 is 2.69 bits per heavy atom. The van der Waals surface area contributed by atoms with Crippen LogP contribution in [0.2, 0.25) is 0 Å². The first-order chi connectivity index (χ1) is 6.02. The van der Waals surface area contributed by atoms with Crippen molar-refractivity contribution in [2.45, 2.75) is 43.7 Å². The Morgan fingerprint density at radius 1 is 1.69 bits per heavy atom. The lowest BCUT2D eigenvalue weighted by atomic mass is 10.1. The second kappa shape index (κ2) is 4.42. The van der Waals surface area contributed by atoms with Gasteiger partial charge >= 0.3 is 0 Å². The van der Waals surface area contributed by atoms with Crippen molar-refractivity contribution in [2.24, 2.45) is 0 Å². The van der Waals surface area contributed by atoms with E-state index >= 15 is 0 Å². The van der Waals surface area contributed by atoms with Crippen LogP contribution >= 0.6 is 15.9 Å². The summed E-state index contributed by atoms with van der Waals surface area (Å²) in [6.45, 7) is 4.54. The number of aliphatic hydroxyl groups excluding tert-OH is 1. The molecule has 13 heavy (non-hydrogen) atoms. The van der Waals surface area contributed by atoms with Gasteiger partial charge in [-0.25, -0.2) is 0 Å². The third kappa shape index (κ3) is 2.68. The summed E-state index contributed by atoms with van der Waals surface area (Å²) in [6.07, 6.45) is 1.20. The fourth-order valence-corrected chi connectivity index (χ4v) is 2.19. The van der Waals surface area contributed by atoms with Gasteiger partial charge in [0.2, 0.25) is 5.91 Å². The van der Waals surface area contributed by atoms with Gasteiger partial charge in [0.25, 0.3) is 0 Å². The molecule has 4 heteroatoms. The number of nitrogens with zero attached hydrogens (tertiary/aromatic N) is 1. The maximum absolute atomic E-state index is 11.5. The summed E-state index contributed by atoms with van der Waals surface area (Å²) >= 11 is 3.32. The average Bonchev–Trinajstić information content (AvgIpc) is 2.31. The Bertz CT molecular complexity index is 196. The van der Waals surface area contributed by atoms with Crippen LogP contribution in [0.5, 0.6) is 0 Å². The Hall–Kier alpha value is -0.0900. The first kappa shape index (κ1) is 11.0. The van der Waals surface area contributed by atoms with Crippen LogP contribution in [0.25, 0.3) is 0 Å². The van der Waals surface area contributed by atoms with E-state index < -0.39 is 0 Å². The van der Waals surface area contributed by atoms with Gasteiger partial charge in [-0.2, -0.15) is 0 Å². The second-order valence-electron chi connectivity index (χ2n) is 3.72. The molecule has 1 amide bonds. The molecule has 1 saturated heterocycles. The molecule has 3 nitrogen and oxygen atoms in total. The van der Waals surface area contributed by atoms with Crippen molar-refractivity contribution in [2.75, 3.05) is 6.54 Å². The molecule has 1 rings (SSSR count). The van der Waals surface area contributed by atoms with Crippen molar-refractivity contribution in [3.05, 3.63) is 0 Å². The number of rotatable bonds is 3. The zero-order valence-electron chi connectivity index (χ0n) is 8.03. The fraction of sp³-hybridized carbons (Fsp3) is 0.889. The summed E-state index contributed by atoms with van der Waals surface area (Å²) in [7, 11) is 0. The lowest BCUT2D eigenvalue weighted by Crippen LogP contribution is -2.37. The SMILES string of the molecule is CC(O)CC(C)N1CCC(Br)C1=O. The molecular formula is C9H16BrNO2. The smallest absolute Gasteiger partial charge is 0.236 e. The molecule has 1 aliphatic rings. The molecule has 0 radical (unpaired) electrons. The van der Waals surface area contributed by atoms with Crippen LogP contribution in [-0.2, 0) is 4.79 Å². The zero-order chi connectivity index (χ0) is 10.0. The minimum absolute atomic E-state index is 0.0102. The van der Waals surface area contributed by atoms with Gasteiger partial charge in [0.05, 0.1) is 10.9 Å². The number of hydrogen-bond acceptors (Lipinski definition) is 2. The van der Waals surface area contributed by atoms with E-state index in [0.29, 0.717) is 6.42 Å². The van der Waals surface area contributed by atoms with Gasteiger partial charge in [-0.15, -0.1) is 0 Å². The highest BCUT2D eigenvalue weighted by atomic mass is 79.9. The number of carbonyl (C=O) groups excluding carboxylic acids is 1. The first-order valence-electron chi connectivity index (χ1n) is 4.65. The summed E-state index contributed by atoms with van der Waals surface area (Å²) in [4.78, 5) is 13.4. The molecule has 0 bridgehead atoms. The summed E-state index contributed by atoms with van der Waals surface area (Å²) in [5.74, 6) is 0.160. The molecule has 0 aromatic carbocycles. The highest BCUT2D eigenvalue weighted by Gasteiger charge is 2.32. The second-order valence-corrected chi connectivity index (χ2v) is 4.83. The van der Waals surface area contributed by atoms with Crippen LogP contribution in [-0.4, -0.2) is 39.4 Å². The summed E-state index contributed by atoms with van der Waals surface area (Å²) in [5.41, 5.74) is 0. The van der Waals surface area contributed by atoms with Gasteiger partial charge in [0, 0.05) is 12.6 Å². The molecule has 76 valence electrons. The van der Waals surface area contributed by atoms with E-state index in [1.807, 2.05) is 11.8 Å². The topological polar surface area (TPSA) is 40.5 Å². The average molecular weight is 250 g/mol. The number of likely N-dealkylation sites (tertiary alicyclic amines) is 1. The van der Waals surface area contributed by atoms with E-state index in [1.165, 1.54) is 0 Å². The van der Waals surface area contributed by atoms with Crippen molar-refractivity contribution in [3.63, 3.8) is 0 Å². The van der Waals surface area contributed by atoms with Crippen LogP contribution in [0.15, 0.2) is 0 Å². The molecule has 0 saturated carbocycles. The first-order valence-corrected chi connectivity index (χ1v) is 5.56. The molecule has 3 atom stereocenters. The highest BCUT2D eigenvalue weighted by molar-refractivity contribution is 9.10. The molecular weight excluding hydrogens is 234 g/mol. The molecule has 0 aromatic rings. The van der Waals surface area contributed by atoms with Gasteiger partial charge in [-0.3, -0.25) is 4.79 Å².